The highest BCUT2D eigenvalue weighted by atomic mass is 16.7. The minimum atomic E-state index is -1.00. The van der Waals surface area contributed by atoms with Crippen molar-refractivity contribution < 1.29 is 34.0 Å². The first-order valence-electron chi connectivity index (χ1n) is 13.5. The third-order valence-electron chi connectivity index (χ3n) is 6.45. The standard InChI is InChI=1S/C27H52O7/c1-5-7-9-11-12-13-14-15-16-18-22(34-26(33-4)21-25(29)32-3)20-24(28)23(27(30)31)19-17-10-8-6-2/h22-24,26,28H,5-21H2,1-4H3,(H,30,31)/t22-,23-,24-,26+/m0/s1. The van der Waals surface area contributed by atoms with E-state index in [1.807, 2.05) is 0 Å². The highest BCUT2D eigenvalue weighted by Gasteiger charge is 2.30. The van der Waals surface area contributed by atoms with E-state index >= 15 is 0 Å². The van der Waals surface area contributed by atoms with Gasteiger partial charge < -0.3 is 24.4 Å². The van der Waals surface area contributed by atoms with Crippen LogP contribution >= 0.6 is 0 Å². The van der Waals surface area contributed by atoms with Gasteiger partial charge in [0, 0.05) is 13.5 Å². The summed E-state index contributed by atoms with van der Waals surface area (Å²) in [5.41, 5.74) is 0. The van der Waals surface area contributed by atoms with E-state index in [1.54, 1.807) is 0 Å². The zero-order valence-corrected chi connectivity index (χ0v) is 22.3. The van der Waals surface area contributed by atoms with Crippen molar-refractivity contribution in [3.05, 3.63) is 0 Å². The Hall–Kier alpha value is -1.18. The van der Waals surface area contributed by atoms with Crippen LogP contribution in [0.4, 0.5) is 0 Å². The Morgan fingerprint density at radius 2 is 1.26 bits per heavy atom. The Morgan fingerprint density at radius 1 is 0.765 bits per heavy atom. The molecule has 0 radical (unpaired) electrons. The monoisotopic (exact) mass is 488 g/mol. The minimum absolute atomic E-state index is 0.0449. The second-order valence-corrected chi connectivity index (χ2v) is 9.42. The van der Waals surface area contributed by atoms with Gasteiger partial charge in [0.25, 0.3) is 0 Å². The summed E-state index contributed by atoms with van der Waals surface area (Å²) in [5, 5.41) is 20.4. The number of carboxylic acids is 1. The molecular weight excluding hydrogens is 436 g/mol. The lowest BCUT2D eigenvalue weighted by Gasteiger charge is -2.27. The number of unbranched alkanes of at least 4 members (excludes halogenated alkanes) is 11. The highest BCUT2D eigenvalue weighted by molar-refractivity contribution is 5.70. The van der Waals surface area contributed by atoms with Gasteiger partial charge in [0.05, 0.1) is 31.7 Å². The first-order chi connectivity index (χ1) is 16.4. The number of carbonyl (C=O) groups excluding carboxylic acids is 1. The van der Waals surface area contributed by atoms with Gasteiger partial charge in [-0.2, -0.15) is 0 Å². The van der Waals surface area contributed by atoms with Crippen LogP contribution in [0.5, 0.6) is 0 Å². The summed E-state index contributed by atoms with van der Waals surface area (Å²) in [6.07, 6.45) is 13.9. The van der Waals surface area contributed by atoms with E-state index in [0.29, 0.717) is 12.8 Å². The zero-order valence-electron chi connectivity index (χ0n) is 22.3. The summed E-state index contributed by atoms with van der Waals surface area (Å²) in [6.45, 7) is 4.33. The normalized spacial score (nSPS) is 15.0. The molecule has 2 N–H and O–H groups in total. The van der Waals surface area contributed by atoms with Crippen LogP contribution in [-0.4, -0.2) is 54.9 Å². The minimum Gasteiger partial charge on any atom is -0.481 e. The molecule has 0 spiro atoms. The maximum absolute atomic E-state index is 11.8. The molecule has 0 aromatic heterocycles. The SMILES string of the molecule is CCCCCCCCCCC[C@@H](C[C@H](O)[C@H](CCCCCC)C(=O)O)O[C@H](CC(=O)OC)OC. The Morgan fingerprint density at radius 3 is 1.76 bits per heavy atom. The van der Waals surface area contributed by atoms with E-state index in [2.05, 4.69) is 13.8 Å². The van der Waals surface area contributed by atoms with E-state index in [0.717, 1.165) is 44.9 Å². The predicted octanol–water partition coefficient (Wildman–Crippen LogP) is 6.25. The van der Waals surface area contributed by atoms with Gasteiger partial charge in [-0.15, -0.1) is 0 Å². The third-order valence-corrected chi connectivity index (χ3v) is 6.45. The number of rotatable bonds is 24. The molecule has 0 saturated carbocycles. The number of hydrogen-bond acceptors (Lipinski definition) is 6. The highest BCUT2D eigenvalue weighted by Crippen LogP contribution is 2.24. The number of aliphatic carboxylic acids is 1. The smallest absolute Gasteiger partial charge is 0.310 e. The Bertz CT molecular complexity index is 497. The van der Waals surface area contributed by atoms with Crippen LogP contribution in [-0.2, 0) is 23.8 Å². The average molecular weight is 489 g/mol. The van der Waals surface area contributed by atoms with Gasteiger partial charge in [-0.1, -0.05) is 97.3 Å². The second-order valence-electron chi connectivity index (χ2n) is 9.42. The number of carboxylic acid groups (broad SMARTS) is 1. The summed E-state index contributed by atoms with van der Waals surface area (Å²) in [6, 6.07) is 0. The summed E-state index contributed by atoms with van der Waals surface area (Å²) in [5.74, 6) is -2.22. The lowest BCUT2D eigenvalue weighted by molar-refractivity contribution is -0.182. The Kier molecular flexibility index (Phi) is 21.5. The van der Waals surface area contributed by atoms with E-state index in [4.69, 9.17) is 14.2 Å². The molecule has 0 aromatic carbocycles. The molecule has 4 atom stereocenters. The van der Waals surface area contributed by atoms with Gasteiger partial charge in [-0.3, -0.25) is 9.59 Å². The Labute approximate surface area is 207 Å². The van der Waals surface area contributed by atoms with Crippen molar-refractivity contribution >= 4 is 11.9 Å². The van der Waals surface area contributed by atoms with Gasteiger partial charge in [0.2, 0.25) is 0 Å². The number of methoxy groups -OCH3 is 2. The third kappa shape index (κ3) is 17.3. The van der Waals surface area contributed by atoms with Crippen LogP contribution in [0.25, 0.3) is 0 Å². The molecule has 0 aromatic rings. The first-order valence-corrected chi connectivity index (χ1v) is 13.5. The molecule has 0 amide bonds. The molecule has 0 bridgehead atoms. The van der Waals surface area contributed by atoms with Gasteiger partial charge in [-0.25, -0.2) is 0 Å². The number of aliphatic hydroxyl groups is 1. The van der Waals surface area contributed by atoms with Gasteiger partial charge in [0.1, 0.15) is 0 Å². The van der Waals surface area contributed by atoms with Crippen molar-refractivity contribution in [3.63, 3.8) is 0 Å². The molecule has 0 aliphatic carbocycles. The number of hydrogen-bond donors (Lipinski definition) is 2. The summed E-state index contributed by atoms with van der Waals surface area (Å²) < 4.78 is 16.0. The van der Waals surface area contributed by atoms with Crippen LogP contribution in [0.3, 0.4) is 0 Å². The van der Waals surface area contributed by atoms with Gasteiger partial charge in [-0.05, 0) is 12.8 Å². The molecule has 0 unspecified atom stereocenters. The van der Waals surface area contributed by atoms with E-state index in [1.165, 1.54) is 52.7 Å². The average Bonchev–Trinajstić information content (AvgIpc) is 2.81. The lowest BCUT2D eigenvalue weighted by atomic mass is 9.90. The van der Waals surface area contributed by atoms with Crippen LogP contribution in [0.2, 0.25) is 0 Å². The summed E-state index contributed by atoms with van der Waals surface area (Å²) in [4.78, 5) is 23.5. The summed E-state index contributed by atoms with van der Waals surface area (Å²) >= 11 is 0. The molecule has 0 rings (SSSR count). The quantitative estimate of drug-likeness (QED) is 0.0940. The van der Waals surface area contributed by atoms with E-state index < -0.39 is 30.3 Å². The Balaban J connectivity index is 4.80. The van der Waals surface area contributed by atoms with Crippen molar-refractivity contribution in [2.24, 2.45) is 5.92 Å². The van der Waals surface area contributed by atoms with Gasteiger partial charge in [0.15, 0.2) is 6.29 Å². The molecule has 0 fully saturated rings. The van der Waals surface area contributed by atoms with Crippen molar-refractivity contribution in [2.45, 2.75) is 141 Å². The topological polar surface area (TPSA) is 102 Å². The van der Waals surface area contributed by atoms with E-state index in [9.17, 15) is 19.8 Å². The van der Waals surface area contributed by atoms with Crippen LogP contribution in [0.1, 0.15) is 123 Å². The van der Waals surface area contributed by atoms with E-state index in [-0.39, 0.29) is 18.9 Å². The van der Waals surface area contributed by atoms with Crippen molar-refractivity contribution in [2.75, 3.05) is 14.2 Å². The second kappa shape index (κ2) is 22.3. The first kappa shape index (κ1) is 32.8. The fourth-order valence-corrected chi connectivity index (χ4v) is 4.25. The number of carbonyl (C=O) groups is 2. The molecule has 7 nitrogen and oxygen atoms in total. The molecule has 0 aliphatic heterocycles. The molecule has 34 heavy (non-hydrogen) atoms. The van der Waals surface area contributed by atoms with Crippen molar-refractivity contribution in [1.82, 2.24) is 0 Å². The summed E-state index contributed by atoms with van der Waals surface area (Å²) in [7, 11) is 2.78. The molecule has 0 saturated heterocycles. The fraction of sp³-hybridized carbons (Fsp3) is 0.926. The maximum Gasteiger partial charge on any atom is 0.310 e. The lowest BCUT2D eigenvalue weighted by Crippen LogP contribution is -2.35. The van der Waals surface area contributed by atoms with Crippen LogP contribution in [0, 0.1) is 5.92 Å². The van der Waals surface area contributed by atoms with Crippen LogP contribution in [0.15, 0.2) is 0 Å². The number of aliphatic hydroxyl groups excluding tert-OH is 1. The van der Waals surface area contributed by atoms with Gasteiger partial charge >= 0.3 is 11.9 Å². The predicted molar refractivity (Wildman–Crippen MR) is 135 cm³/mol. The number of ether oxygens (including phenoxy) is 3. The molecular formula is C27H52O7. The molecule has 7 heteroatoms. The molecule has 0 heterocycles. The zero-order chi connectivity index (χ0) is 25.6. The van der Waals surface area contributed by atoms with Crippen LogP contribution < -0.4 is 0 Å². The number of esters is 1. The fourth-order valence-electron chi connectivity index (χ4n) is 4.25. The van der Waals surface area contributed by atoms with Crippen molar-refractivity contribution in [1.29, 1.82) is 0 Å². The maximum atomic E-state index is 11.8. The largest absolute Gasteiger partial charge is 0.481 e. The molecule has 202 valence electrons. The molecule has 0 aliphatic rings. The van der Waals surface area contributed by atoms with Crippen molar-refractivity contribution in [3.8, 4) is 0 Å².